The summed E-state index contributed by atoms with van der Waals surface area (Å²) in [5, 5.41) is 7.11. The molecule has 1 saturated carbocycles. The fourth-order valence-electron chi connectivity index (χ4n) is 4.61. The van der Waals surface area contributed by atoms with Gasteiger partial charge >= 0.3 is 0 Å². The van der Waals surface area contributed by atoms with E-state index in [4.69, 9.17) is 4.52 Å². The van der Waals surface area contributed by atoms with E-state index in [1.54, 1.807) is 13.0 Å². The summed E-state index contributed by atoms with van der Waals surface area (Å²) in [7, 11) is -3.68. The summed E-state index contributed by atoms with van der Waals surface area (Å²) in [5.41, 5.74) is 2.98. The number of nitrogens with zero attached hydrogens (tertiary/aromatic N) is 3. The fraction of sp³-hybridized carbons (Fsp3) is 0.480. The van der Waals surface area contributed by atoms with E-state index in [1.807, 2.05) is 32.0 Å². The number of piperidine rings is 1. The molecule has 1 N–H and O–H groups in total. The van der Waals surface area contributed by atoms with Crippen LogP contribution in [0.3, 0.4) is 0 Å². The minimum atomic E-state index is -3.68. The maximum Gasteiger partial charge on any atom is 0.244 e. The van der Waals surface area contributed by atoms with Gasteiger partial charge in [-0.15, -0.1) is 11.3 Å². The number of sulfonamides is 1. The van der Waals surface area contributed by atoms with Crippen LogP contribution < -0.4 is 5.32 Å². The summed E-state index contributed by atoms with van der Waals surface area (Å²) in [5.74, 6) is 1.15. The molecule has 0 radical (unpaired) electrons. The molecule has 1 aromatic carbocycles. The summed E-state index contributed by atoms with van der Waals surface area (Å²) in [6.07, 6.45) is 4.27. The molecule has 5 rings (SSSR count). The highest BCUT2D eigenvalue weighted by atomic mass is 32.2. The fourth-order valence-corrected chi connectivity index (χ4v) is 7.56. The molecule has 1 aliphatic carbocycles. The standard InChI is InChI=1S/C25H30N4O4S2/c1-15-6-4-9-20(16(15)2)26-24(30)18-10-12-29(13-11-18)35(31,32)22-14-21(34-17(22)3)23-27-25(33-28-23)19-7-5-8-19/h4,6,9,14,18-19H,5,7-8,10-13H2,1-3H3,(H,26,30). The average molecular weight is 515 g/mol. The van der Waals surface area contributed by atoms with Crippen LogP contribution in [0.5, 0.6) is 0 Å². The lowest BCUT2D eigenvalue weighted by Crippen LogP contribution is -2.41. The largest absolute Gasteiger partial charge is 0.339 e. The van der Waals surface area contributed by atoms with Crippen molar-refractivity contribution in [3.63, 3.8) is 0 Å². The molecule has 1 amide bonds. The first-order valence-corrected chi connectivity index (χ1v) is 14.3. The van der Waals surface area contributed by atoms with Gasteiger partial charge in [-0.25, -0.2) is 8.42 Å². The summed E-state index contributed by atoms with van der Waals surface area (Å²) in [6, 6.07) is 7.49. The van der Waals surface area contributed by atoms with Gasteiger partial charge in [-0.1, -0.05) is 23.7 Å². The molecule has 3 heterocycles. The number of amides is 1. The van der Waals surface area contributed by atoms with Gasteiger partial charge in [-0.05, 0) is 69.7 Å². The lowest BCUT2D eigenvalue weighted by Gasteiger charge is -2.30. The Labute approximate surface area is 209 Å². The number of thiophene rings is 1. The monoisotopic (exact) mass is 514 g/mol. The van der Waals surface area contributed by atoms with Crippen molar-refractivity contribution in [3.05, 3.63) is 46.2 Å². The molecule has 2 fully saturated rings. The van der Waals surface area contributed by atoms with E-state index in [-0.39, 0.29) is 16.7 Å². The van der Waals surface area contributed by atoms with Gasteiger partial charge in [0.15, 0.2) is 0 Å². The maximum atomic E-state index is 13.4. The van der Waals surface area contributed by atoms with E-state index >= 15 is 0 Å². The second-order valence-corrected chi connectivity index (χ2v) is 12.7. The van der Waals surface area contributed by atoms with Gasteiger partial charge in [-0.3, -0.25) is 4.79 Å². The predicted octanol–water partition coefficient (Wildman–Crippen LogP) is 5.03. The number of aromatic nitrogens is 2. The third-order valence-corrected chi connectivity index (χ3v) is 10.5. The van der Waals surface area contributed by atoms with E-state index in [0.29, 0.717) is 53.3 Å². The Kier molecular flexibility index (Phi) is 6.54. The van der Waals surface area contributed by atoms with Crippen LogP contribution in [0.1, 0.15) is 59.9 Å². The Morgan fingerprint density at radius 1 is 1.14 bits per heavy atom. The lowest BCUT2D eigenvalue weighted by molar-refractivity contribution is -0.120. The molecule has 2 aliphatic rings. The Morgan fingerprint density at radius 3 is 2.57 bits per heavy atom. The Balaban J connectivity index is 1.25. The van der Waals surface area contributed by atoms with Crippen molar-refractivity contribution in [2.45, 2.75) is 63.7 Å². The number of carbonyl (C=O) groups excluding carboxylic acids is 1. The van der Waals surface area contributed by atoms with Crippen LogP contribution in [0.4, 0.5) is 5.69 Å². The highest BCUT2D eigenvalue weighted by molar-refractivity contribution is 7.89. The third-order valence-electron chi connectivity index (χ3n) is 7.29. The van der Waals surface area contributed by atoms with Crippen LogP contribution in [-0.4, -0.2) is 41.9 Å². The second kappa shape index (κ2) is 9.48. The van der Waals surface area contributed by atoms with Crippen molar-refractivity contribution in [1.82, 2.24) is 14.4 Å². The molecule has 1 saturated heterocycles. The van der Waals surface area contributed by atoms with Crippen LogP contribution >= 0.6 is 11.3 Å². The van der Waals surface area contributed by atoms with Crippen LogP contribution in [0.2, 0.25) is 0 Å². The highest BCUT2D eigenvalue weighted by Gasteiger charge is 2.34. The molecule has 10 heteroatoms. The van der Waals surface area contributed by atoms with E-state index in [2.05, 4.69) is 15.5 Å². The molecule has 0 bridgehead atoms. The summed E-state index contributed by atoms with van der Waals surface area (Å²) >= 11 is 1.36. The van der Waals surface area contributed by atoms with Crippen LogP contribution in [0, 0.1) is 26.7 Å². The van der Waals surface area contributed by atoms with Crippen LogP contribution in [0.15, 0.2) is 33.7 Å². The van der Waals surface area contributed by atoms with Crippen molar-refractivity contribution < 1.29 is 17.7 Å². The summed E-state index contributed by atoms with van der Waals surface area (Å²) in [4.78, 5) is 19.0. The van der Waals surface area contributed by atoms with Gasteiger partial charge in [0.25, 0.3) is 0 Å². The normalized spacial score (nSPS) is 17.9. The minimum Gasteiger partial charge on any atom is -0.339 e. The zero-order valence-corrected chi connectivity index (χ0v) is 21.8. The van der Waals surface area contributed by atoms with Crippen molar-refractivity contribution in [3.8, 4) is 10.7 Å². The molecule has 0 spiro atoms. The number of benzene rings is 1. The maximum absolute atomic E-state index is 13.4. The highest BCUT2D eigenvalue weighted by Crippen LogP contribution is 2.38. The second-order valence-electron chi connectivity index (χ2n) is 9.53. The molecule has 3 aromatic rings. The van der Waals surface area contributed by atoms with E-state index in [1.165, 1.54) is 22.1 Å². The molecule has 2 aromatic heterocycles. The number of carbonyl (C=O) groups is 1. The lowest BCUT2D eigenvalue weighted by atomic mass is 9.85. The Hall–Kier alpha value is -2.56. The number of hydrogen-bond donors (Lipinski definition) is 1. The SMILES string of the molecule is Cc1cccc(NC(=O)C2CCN(S(=O)(=O)c3cc(-c4noc(C5CCC5)n4)sc3C)CC2)c1C. The Bertz CT molecular complexity index is 1350. The molecule has 186 valence electrons. The zero-order chi connectivity index (χ0) is 24.7. The van der Waals surface area contributed by atoms with E-state index < -0.39 is 10.0 Å². The molecule has 35 heavy (non-hydrogen) atoms. The molecule has 0 atom stereocenters. The first kappa shape index (κ1) is 24.1. The predicted molar refractivity (Wildman–Crippen MR) is 135 cm³/mol. The molecule has 8 nitrogen and oxygen atoms in total. The first-order valence-electron chi connectivity index (χ1n) is 12.1. The zero-order valence-electron chi connectivity index (χ0n) is 20.2. The van der Waals surface area contributed by atoms with E-state index in [9.17, 15) is 13.2 Å². The molecule has 0 unspecified atom stereocenters. The van der Waals surface area contributed by atoms with Gasteiger partial charge < -0.3 is 9.84 Å². The first-order chi connectivity index (χ1) is 16.7. The molecular formula is C25H30N4O4S2. The van der Waals surface area contributed by atoms with Crippen molar-refractivity contribution >= 4 is 33.0 Å². The number of hydrogen-bond acceptors (Lipinski definition) is 7. The Morgan fingerprint density at radius 2 is 1.89 bits per heavy atom. The minimum absolute atomic E-state index is 0.0517. The third kappa shape index (κ3) is 4.66. The van der Waals surface area contributed by atoms with Gasteiger partial charge in [0.2, 0.25) is 27.6 Å². The van der Waals surface area contributed by atoms with E-state index in [0.717, 1.165) is 29.7 Å². The summed E-state index contributed by atoms with van der Waals surface area (Å²) in [6.45, 7) is 6.43. The smallest absolute Gasteiger partial charge is 0.244 e. The van der Waals surface area contributed by atoms with Crippen molar-refractivity contribution in [1.29, 1.82) is 0 Å². The average Bonchev–Trinajstić information content (AvgIpc) is 3.43. The number of aryl methyl sites for hydroxylation is 2. The van der Waals surface area contributed by atoms with Gasteiger partial charge in [0.1, 0.15) is 0 Å². The number of anilines is 1. The van der Waals surface area contributed by atoms with Gasteiger partial charge in [0, 0.05) is 35.5 Å². The van der Waals surface area contributed by atoms with Crippen molar-refractivity contribution in [2.24, 2.45) is 5.92 Å². The summed E-state index contributed by atoms with van der Waals surface area (Å²) < 4.78 is 33.8. The topological polar surface area (TPSA) is 105 Å². The van der Waals surface area contributed by atoms with Crippen LogP contribution in [0.25, 0.3) is 10.7 Å². The quantitative estimate of drug-likeness (QED) is 0.495. The number of nitrogens with one attached hydrogen (secondary N) is 1. The van der Waals surface area contributed by atoms with Gasteiger partial charge in [-0.2, -0.15) is 9.29 Å². The van der Waals surface area contributed by atoms with Crippen LogP contribution in [-0.2, 0) is 14.8 Å². The number of rotatable bonds is 6. The molecule has 1 aliphatic heterocycles. The molecular weight excluding hydrogens is 484 g/mol. The van der Waals surface area contributed by atoms with Gasteiger partial charge in [0.05, 0.1) is 9.77 Å². The van der Waals surface area contributed by atoms with Crippen molar-refractivity contribution in [2.75, 3.05) is 18.4 Å².